The molecular formula is C14H24N2O. The number of piperidine rings is 1. The van der Waals surface area contributed by atoms with Crippen molar-refractivity contribution in [2.45, 2.75) is 51.6 Å². The number of nitrogens with zero attached hydrogens (tertiary/aromatic N) is 1. The van der Waals surface area contributed by atoms with E-state index in [0.29, 0.717) is 12.6 Å². The molecule has 1 aliphatic heterocycles. The first-order valence-electron chi connectivity index (χ1n) is 6.78. The molecule has 0 amide bonds. The van der Waals surface area contributed by atoms with Crippen molar-refractivity contribution in [3.8, 4) is 0 Å². The van der Waals surface area contributed by atoms with Gasteiger partial charge in [-0.15, -0.1) is 0 Å². The molecule has 1 aromatic heterocycles. The zero-order valence-corrected chi connectivity index (χ0v) is 11.0. The fourth-order valence-electron chi connectivity index (χ4n) is 2.92. The van der Waals surface area contributed by atoms with Gasteiger partial charge in [-0.3, -0.25) is 4.90 Å². The maximum atomic E-state index is 5.96. The van der Waals surface area contributed by atoms with Crippen LogP contribution in [-0.4, -0.2) is 24.0 Å². The van der Waals surface area contributed by atoms with Crippen molar-refractivity contribution < 1.29 is 4.42 Å². The Kier molecular flexibility index (Phi) is 4.24. The van der Waals surface area contributed by atoms with Gasteiger partial charge in [-0.05, 0) is 44.9 Å². The molecule has 1 fully saturated rings. The molecule has 1 aromatic rings. The van der Waals surface area contributed by atoms with Gasteiger partial charge in [0, 0.05) is 12.6 Å². The monoisotopic (exact) mass is 236 g/mol. The highest BCUT2D eigenvalue weighted by molar-refractivity contribution is 5.11. The molecule has 17 heavy (non-hydrogen) atoms. The number of furan rings is 1. The van der Waals surface area contributed by atoms with E-state index in [1.807, 2.05) is 13.0 Å². The Hall–Kier alpha value is -0.800. The summed E-state index contributed by atoms with van der Waals surface area (Å²) in [5, 5.41) is 0. The molecular weight excluding hydrogens is 212 g/mol. The predicted molar refractivity (Wildman–Crippen MR) is 69.9 cm³/mol. The first kappa shape index (κ1) is 12.7. The van der Waals surface area contributed by atoms with Gasteiger partial charge in [0.05, 0.1) is 6.04 Å². The van der Waals surface area contributed by atoms with Crippen LogP contribution in [0.15, 0.2) is 16.5 Å². The summed E-state index contributed by atoms with van der Waals surface area (Å²) >= 11 is 0. The van der Waals surface area contributed by atoms with Crippen molar-refractivity contribution in [3.63, 3.8) is 0 Å². The van der Waals surface area contributed by atoms with Crippen LogP contribution in [0.2, 0.25) is 0 Å². The highest BCUT2D eigenvalue weighted by Crippen LogP contribution is 2.30. The zero-order valence-electron chi connectivity index (χ0n) is 11.0. The van der Waals surface area contributed by atoms with Gasteiger partial charge in [-0.25, -0.2) is 0 Å². The fourth-order valence-corrected chi connectivity index (χ4v) is 2.92. The van der Waals surface area contributed by atoms with Crippen molar-refractivity contribution >= 4 is 0 Å². The molecule has 1 aliphatic rings. The third kappa shape index (κ3) is 2.72. The normalized spacial score (nSPS) is 23.8. The summed E-state index contributed by atoms with van der Waals surface area (Å²) in [6.07, 6.45) is 5.14. The van der Waals surface area contributed by atoms with Gasteiger partial charge in [0.15, 0.2) is 0 Å². The van der Waals surface area contributed by atoms with Crippen molar-refractivity contribution in [2.75, 3.05) is 13.1 Å². The molecule has 3 heteroatoms. The van der Waals surface area contributed by atoms with E-state index in [4.69, 9.17) is 10.2 Å². The zero-order chi connectivity index (χ0) is 12.3. The molecule has 0 saturated carbocycles. The van der Waals surface area contributed by atoms with Gasteiger partial charge in [0.25, 0.3) is 0 Å². The molecule has 0 radical (unpaired) electrons. The quantitative estimate of drug-likeness (QED) is 0.874. The lowest BCUT2D eigenvalue weighted by atomic mass is 9.97. The summed E-state index contributed by atoms with van der Waals surface area (Å²) in [6, 6.07) is 5.04. The maximum Gasteiger partial charge on any atom is 0.122 e. The fraction of sp³-hybridized carbons (Fsp3) is 0.714. The summed E-state index contributed by atoms with van der Waals surface area (Å²) in [5.74, 6) is 2.01. The highest BCUT2D eigenvalue weighted by Gasteiger charge is 2.29. The van der Waals surface area contributed by atoms with Crippen molar-refractivity contribution in [3.05, 3.63) is 23.7 Å². The van der Waals surface area contributed by atoms with Gasteiger partial charge >= 0.3 is 0 Å². The van der Waals surface area contributed by atoms with Crippen LogP contribution in [-0.2, 0) is 0 Å². The minimum Gasteiger partial charge on any atom is -0.465 e. The van der Waals surface area contributed by atoms with E-state index in [9.17, 15) is 0 Å². The SMILES string of the molecule is CCC1CCCCN1C(CN)c1ccc(C)o1. The van der Waals surface area contributed by atoms with Crippen LogP contribution in [0.5, 0.6) is 0 Å². The second-order valence-electron chi connectivity index (χ2n) is 5.00. The maximum absolute atomic E-state index is 5.96. The van der Waals surface area contributed by atoms with E-state index >= 15 is 0 Å². The van der Waals surface area contributed by atoms with Crippen LogP contribution in [0.3, 0.4) is 0 Å². The summed E-state index contributed by atoms with van der Waals surface area (Å²) in [5.41, 5.74) is 5.96. The molecule has 1 saturated heterocycles. The molecule has 0 aliphatic carbocycles. The highest BCUT2D eigenvalue weighted by atomic mass is 16.3. The second-order valence-corrected chi connectivity index (χ2v) is 5.00. The molecule has 2 N–H and O–H groups in total. The second kappa shape index (κ2) is 5.69. The summed E-state index contributed by atoms with van der Waals surface area (Å²) < 4.78 is 5.76. The molecule has 0 bridgehead atoms. The first-order valence-corrected chi connectivity index (χ1v) is 6.78. The number of hydrogen-bond donors (Lipinski definition) is 1. The van der Waals surface area contributed by atoms with Gasteiger partial charge < -0.3 is 10.2 Å². The Labute approximate surface area is 104 Å². The number of aryl methyl sites for hydroxylation is 1. The summed E-state index contributed by atoms with van der Waals surface area (Å²) in [4.78, 5) is 2.54. The van der Waals surface area contributed by atoms with Crippen molar-refractivity contribution in [1.82, 2.24) is 4.90 Å². The van der Waals surface area contributed by atoms with Gasteiger partial charge in [-0.1, -0.05) is 13.3 Å². The first-order chi connectivity index (χ1) is 8.26. The third-order valence-corrected chi connectivity index (χ3v) is 3.86. The molecule has 0 aromatic carbocycles. The van der Waals surface area contributed by atoms with Crippen molar-refractivity contribution in [2.24, 2.45) is 5.73 Å². The Morgan fingerprint density at radius 3 is 2.88 bits per heavy atom. The molecule has 2 rings (SSSR count). The van der Waals surface area contributed by atoms with E-state index in [1.165, 1.54) is 25.7 Å². The lowest BCUT2D eigenvalue weighted by Gasteiger charge is -2.39. The van der Waals surface area contributed by atoms with Gasteiger partial charge in [0.2, 0.25) is 0 Å². The Morgan fingerprint density at radius 2 is 2.29 bits per heavy atom. The molecule has 0 spiro atoms. The molecule has 2 unspecified atom stereocenters. The summed E-state index contributed by atoms with van der Waals surface area (Å²) in [6.45, 7) is 6.05. The Balaban J connectivity index is 2.16. The average Bonchev–Trinajstić information content (AvgIpc) is 2.77. The minimum absolute atomic E-state index is 0.258. The molecule has 96 valence electrons. The number of nitrogens with two attached hydrogens (primary N) is 1. The van der Waals surface area contributed by atoms with Crippen LogP contribution in [0.25, 0.3) is 0 Å². The topological polar surface area (TPSA) is 42.4 Å². The number of likely N-dealkylation sites (tertiary alicyclic amines) is 1. The van der Waals surface area contributed by atoms with Crippen LogP contribution in [0.1, 0.15) is 50.2 Å². The van der Waals surface area contributed by atoms with Gasteiger partial charge in [-0.2, -0.15) is 0 Å². The average molecular weight is 236 g/mol. The third-order valence-electron chi connectivity index (χ3n) is 3.86. The molecule has 2 atom stereocenters. The van der Waals surface area contributed by atoms with Gasteiger partial charge in [0.1, 0.15) is 11.5 Å². The molecule has 3 nitrogen and oxygen atoms in total. The van der Waals surface area contributed by atoms with Crippen LogP contribution >= 0.6 is 0 Å². The largest absolute Gasteiger partial charge is 0.465 e. The molecule has 2 heterocycles. The smallest absolute Gasteiger partial charge is 0.122 e. The Morgan fingerprint density at radius 1 is 1.47 bits per heavy atom. The lowest BCUT2D eigenvalue weighted by molar-refractivity contribution is 0.0828. The van der Waals surface area contributed by atoms with E-state index < -0.39 is 0 Å². The van der Waals surface area contributed by atoms with E-state index in [1.54, 1.807) is 0 Å². The van der Waals surface area contributed by atoms with E-state index in [0.717, 1.165) is 18.1 Å². The van der Waals surface area contributed by atoms with Crippen LogP contribution in [0, 0.1) is 6.92 Å². The minimum atomic E-state index is 0.258. The Bertz CT molecular complexity index is 348. The number of hydrogen-bond acceptors (Lipinski definition) is 3. The number of rotatable bonds is 4. The van der Waals surface area contributed by atoms with Crippen LogP contribution in [0.4, 0.5) is 0 Å². The van der Waals surface area contributed by atoms with E-state index in [2.05, 4.69) is 17.9 Å². The van der Waals surface area contributed by atoms with Crippen LogP contribution < -0.4 is 5.73 Å². The standard InChI is InChI=1S/C14H24N2O/c1-3-12-6-4-5-9-16(12)13(10-15)14-8-7-11(2)17-14/h7-8,12-13H,3-6,9-10,15H2,1-2H3. The lowest BCUT2D eigenvalue weighted by Crippen LogP contribution is -2.44. The van der Waals surface area contributed by atoms with Crippen molar-refractivity contribution in [1.29, 1.82) is 0 Å². The summed E-state index contributed by atoms with van der Waals surface area (Å²) in [7, 11) is 0. The predicted octanol–water partition coefficient (Wildman–Crippen LogP) is 2.85. The van der Waals surface area contributed by atoms with E-state index in [-0.39, 0.29) is 6.04 Å².